The highest BCUT2D eigenvalue weighted by Gasteiger charge is 2.16. The number of allylic oxidation sites excluding steroid dienone is 1. The maximum absolute atomic E-state index is 4.87. The van der Waals surface area contributed by atoms with Gasteiger partial charge in [-0.15, -0.1) is 6.58 Å². The van der Waals surface area contributed by atoms with E-state index in [4.69, 9.17) is 4.99 Å². The quantitative estimate of drug-likeness (QED) is 0.307. The average Bonchev–Trinajstić information content (AvgIpc) is 2.52. The van der Waals surface area contributed by atoms with E-state index >= 15 is 0 Å². The monoisotopic (exact) mass is 308 g/mol. The van der Waals surface area contributed by atoms with Gasteiger partial charge in [0, 0.05) is 26.7 Å². The normalized spacial score (nSPS) is 17.5. The Morgan fingerprint density at radius 3 is 2.68 bits per heavy atom. The lowest BCUT2D eigenvalue weighted by Crippen LogP contribution is -2.40. The van der Waals surface area contributed by atoms with Crippen molar-refractivity contribution in [3.63, 3.8) is 0 Å². The lowest BCUT2D eigenvalue weighted by atomic mass is 9.97. The van der Waals surface area contributed by atoms with Crippen LogP contribution in [0.3, 0.4) is 0 Å². The van der Waals surface area contributed by atoms with Gasteiger partial charge in [0.2, 0.25) is 0 Å². The van der Waals surface area contributed by atoms with Crippen molar-refractivity contribution in [2.45, 2.75) is 45.4 Å². The molecule has 0 aromatic rings. The summed E-state index contributed by atoms with van der Waals surface area (Å²) in [4.78, 5) is 9.58. The second-order valence-electron chi connectivity index (χ2n) is 6.50. The van der Waals surface area contributed by atoms with Crippen LogP contribution in [0.25, 0.3) is 0 Å². The van der Waals surface area contributed by atoms with Crippen LogP contribution >= 0.6 is 0 Å². The number of unbranched alkanes of at least 4 members (excludes halogenated alkanes) is 3. The summed E-state index contributed by atoms with van der Waals surface area (Å²) in [6, 6.07) is 0. The first-order valence-corrected chi connectivity index (χ1v) is 8.96. The van der Waals surface area contributed by atoms with E-state index in [0.717, 1.165) is 37.9 Å². The van der Waals surface area contributed by atoms with Gasteiger partial charge in [0.15, 0.2) is 5.96 Å². The fourth-order valence-electron chi connectivity index (χ4n) is 2.85. The van der Waals surface area contributed by atoms with Gasteiger partial charge in [-0.05, 0) is 65.1 Å². The Balaban J connectivity index is 2.34. The Hall–Kier alpha value is -1.03. The van der Waals surface area contributed by atoms with E-state index in [9.17, 15) is 0 Å². The molecule has 0 amide bonds. The molecule has 0 unspecified atom stereocenters. The van der Waals surface area contributed by atoms with Crippen molar-refractivity contribution in [3.05, 3.63) is 12.7 Å². The summed E-state index contributed by atoms with van der Waals surface area (Å²) in [5, 5.41) is 3.43. The number of guanidine groups is 1. The van der Waals surface area contributed by atoms with Gasteiger partial charge in [-0.3, -0.25) is 4.99 Å². The zero-order valence-electron chi connectivity index (χ0n) is 15.0. The second-order valence-corrected chi connectivity index (χ2v) is 6.50. The molecule has 1 aliphatic rings. The van der Waals surface area contributed by atoms with E-state index < -0.39 is 0 Å². The van der Waals surface area contributed by atoms with Crippen molar-refractivity contribution in [1.82, 2.24) is 15.1 Å². The molecule has 0 aromatic heterocycles. The van der Waals surface area contributed by atoms with Crippen LogP contribution in [0.1, 0.15) is 45.4 Å². The number of rotatable bonds is 9. The average molecular weight is 309 g/mol. The van der Waals surface area contributed by atoms with Gasteiger partial charge >= 0.3 is 0 Å². The zero-order valence-corrected chi connectivity index (χ0v) is 15.0. The summed E-state index contributed by atoms with van der Waals surface area (Å²) in [6.45, 7) is 11.3. The SMILES string of the molecule is C=CCCCCCN(C)C(=NCC1CCN(C)CC1)NCC. The maximum atomic E-state index is 4.87. The van der Waals surface area contributed by atoms with Crippen LogP contribution in [-0.2, 0) is 0 Å². The lowest BCUT2D eigenvalue weighted by molar-refractivity contribution is 0.223. The van der Waals surface area contributed by atoms with Crippen molar-refractivity contribution in [2.24, 2.45) is 10.9 Å². The van der Waals surface area contributed by atoms with Gasteiger partial charge in [0.05, 0.1) is 0 Å². The lowest BCUT2D eigenvalue weighted by Gasteiger charge is -2.28. The molecule has 1 heterocycles. The molecule has 128 valence electrons. The molecule has 0 aliphatic carbocycles. The Bertz CT molecular complexity index is 319. The Morgan fingerprint density at radius 2 is 2.05 bits per heavy atom. The van der Waals surface area contributed by atoms with Crippen LogP contribution in [0.2, 0.25) is 0 Å². The van der Waals surface area contributed by atoms with E-state index in [2.05, 4.69) is 42.7 Å². The van der Waals surface area contributed by atoms with Crippen molar-refractivity contribution in [1.29, 1.82) is 0 Å². The number of hydrogen-bond donors (Lipinski definition) is 1. The van der Waals surface area contributed by atoms with Gasteiger partial charge < -0.3 is 15.1 Å². The molecule has 1 fully saturated rings. The van der Waals surface area contributed by atoms with E-state index in [-0.39, 0.29) is 0 Å². The van der Waals surface area contributed by atoms with Gasteiger partial charge in [-0.2, -0.15) is 0 Å². The van der Waals surface area contributed by atoms with E-state index in [1.165, 1.54) is 45.2 Å². The Labute approximate surface area is 137 Å². The molecule has 0 bridgehead atoms. The van der Waals surface area contributed by atoms with Crippen molar-refractivity contribution < 1.29 is 0 Å². The molecule has 1 rings (SSSR count). The highest BCUT2D eigenvalue weighted by atomic mass is 15.3. The minimum absolute atomic E-state index is 0.755. The molecule has 4 nitrogen and oxygen atoms in total. The molecule has 1 aliphatic heterocycles. The molecule has 0 atom stereocenters. The summed E-state index contributed by atoms with van der Waals surface area (Å²) < 4.78 is 0. The van der Waals surface area contributed by atoms with Crippen LogP contribution in [0.5, 0.6) is 0 Å². The summed E-state index contributed by atoms with van der Waals surface area (Å²) in [6.07, 6.45) is 9.45. The Morgan fingerprint density at radius 1 is 1.32 bits per heavy atom. The van der Waals surface area contributed by atoms with Gasteiger partial charge in [-0.1, -0.05) is 12.5 Å². The number of likely N-dealkylation sites (tertiary alicyclic amines) is 1. The molecule has 0 aromatic carbocycles. The second kappa shape index (κ2) is 11.5. The Kier molecular flexibility index (Phi) is 9.96. The first-order valence-electron chi connectivity index (χ1n) is 8.96. The van der Waals surface area contributed by atoms with Crippen molar-refractivity contribution in [3.8, 4) is 0 Å². The minimum atomic E-state index is 0.755. The first kappa shape index (κ1) is 19.0. The molecule has 0 spiro atoms. The maximum Gasteiger partial charge on any atom is 0.193 e. The van der Waals surface area contributed by atoms with Gasteiger partial charge in [0.25, 0.3) is 0 Å². The molecule has 1 N–H and O–H groups in total. The molecule has 22 heavy (non-hydrogen) atoms. The number of piperidine rings is 1. The predicted octanol–water partition coefficient (Wildman–Crippen LogP) is 2.97. The van der Waals surface area contributed by atoms with Gasteiger partial charge in [0.1, 0.15) is 0 Å². The van der Waals surface area contributed by atoms with Crippen molar-refractivity contribution in [2.75, 3.05) is 46.8 Å². The largest absolute Gasteiger partial charge is 0.357 e. The fraction of sp³-hybridized carbons (Fsp3) is 0.833. The number of nitrogens with one attached hydrogen (secondary N) is 1. The van der Waals surface area contributed by atoms with Crippen LogP contribution in [0.15, 0.2) is 17.6 Å². The third-order valence-electron chi connectivity index (χ3n) is 4.44. The third-order valence-corrected chi connectivity index (χ3v) is 4.44. The van der Waals surface area contributed by atoms with Gasteiger partial charge in [-0.25, -0.2) is 0 Å². The highest BCUT2D eigenvalue weighted by molar-refractivity contribution is 5.79. The molecule has 0 saturated carbocycles. The molecule has 0 radical (unpaired) electrons. The number of aliphatic imine (C=N–C) groups is 1. The number of nitrogens with zero attached hydrogens (tertiary/aromatic N) is 3. The summed E-state index contributed by atoms with van der Waals surface area (Å²) in [5.41, 5.74) is 0. The van der Waals surface area contributed by atoms with Crippen LogP contribution < -0.4 is 5.32 Å². The van der Waals surface area contributed by atoms with Crippen molar-refractivity contribution >= 4 is 5.96 Å². The highest BCUT2D eigenvalue weighted by Crippen LogP contribution is 2.16. The smallest absolute Gasteiger partial charge is 0.193 e. The summed E-state index contributed by atoms with van der Waals surface area (Å²) in [7, 11) is 4.37. The van der Waals surface area contributed by atoms with Crippen LogP contribution in [0.4, 0.5) is 0 Å². The third kappa shape index (κ3) is 7.83. The first-order chi connectivity index (χ1) is 10.7. The minimum Gasteiger partial charge on any atom is -0.357 e. The van der Waals surface area contributed by atoms with E-state index in [1.807, 2.05) is 6.08 Å². The summed E-state index contributed by atoms with van der Waals surface area (Å²) in [5.74, 6) is 1.83. The molecular weight excluding hydrogens is 272 g/mol. The van der Waals surface area contributed by atoms with Crippen LogP contribution in [0, 0.1) is 5.92 Å². The fourth-order valence-corrected chi connectivity index (χ4v) is 2.85. The zero-order chi connectivity index (χ0) is 16.2. The standard InChI is InChI=1S/C18H36N4/c1-5-7-8-9-10-13-22(4)18(19-6-2)20-16-17-11-14-21(3)15-12-17/h5,17H,1,6-16H2,2-4H3,(H,19,20). The summed E-state index contributed by atoms with van der Waals surface area (Å²) >= 11 is 0. The molecular formula is C18H36N4. The number of hydrogen-bond acceptors (Lipinski definition) is 2. The molecule has 1 saturated heterocycles. The van der Waals surface area contributed by atoms with Crippen LogP contribution in [-0.4, -0.2) is 62.6 Å². The topological polar surface area (TPSA) is 30.9 Å². The van der Waals surface area contributed by atoms with E-state index in [0.29, 0.717) is 0 Å². The van der Waals surface area contributed by atoms with E-state index in [1.54, 1.807) is 0 Å². The molecule has 4 heteroatoms. The predicted molar refractivity (Wildman–Crippen MR) is 97.5 cm³/mol.